The second-order valence-corrected chi connectivity index (χ2v) is 5.73. The summed E-state index contributed by atoms with van der Waals surface area (Å²) >= 11 is 3.33. The van der Waals surface area contributed by atoms with Gasteiger partial charge in [-0.15, -0.1) is 0 Å². The number of hydrogen-bond donors (Lipinski definition) is 0. The predicted octanol–water partition coefficient (Wildman–Crippen LogP) is 2.65. The number of fused-ring (bicyclic) bond motifs is 1. The molecule has 4 nitrogen and oxygen atoms in total. The molecule has 2 heterocycles. The zero-order chi connectivity index (χ0) is 13.6. The largest absolute Gasteiger partial charge is 0.485 e. The minimum Gasteiger partial charge on any atom is -0.485 e. The molecule has 2 aliphatic rings. The van der Waals surface area contributed by atoms with Gasteiger partial charge in [0.2, 0.25) is 0 Å². The number of ketones is 1. The molecule has 0 unspecified atom stereocenters. The SMILES string of the molecule is C[C@]1([C@H]2CC(=O)c3cc(Br)ccc3O2)C=CC(=O)O1. The summed E-state index contributed by atoms with van der Waals surface area (Å²) < 4.78 is 11.9. The third kappa shape index (κ3) is 2.08. The zero-order valence-electron chi connectivity index (χ0n) is 10.2. The van der Waals surface area contributed by atoms with Crippen LogP contribution in [0.15, 0.2) is 34.8 Å². The third-order valence-electron chi connectivity index (χ3n) is 3.39. The van der Waals surface area contributed by atoms with Crippen LogP contribution in [0, 0.1) is 0 Å². The van der Waals surface area contributed by atoms with Gasteiger partial charge in [0, 0.05) is 10.5 Å². The maximum absolute atomic E-state index is 12.2. The summed E-state index contributed by atoms with van der Waals surface area (Å²) in [6, 6.07) is 5.30. The van der Waals surface area contributed by atoms with E-state index < -0.39 is 17.7 Å². The number of halogens is 1. The van der Waals surface area contributed by atoms with Crippen LogP contribution in [0.2, 0.25) is 0 Å². The van der Waals surface area contributed by atoms with Crippen molar-refractivity contribution in [2.75, 3.05) is 0 Å². The minimum absolute atomic E-state index is 0.00914. The van der Waals surface area contributed by atoms with Gasteiger partial charge < -0.3 is 9.47 Å². The van der Waals surface area contributed by atoms with Crippen molar-refractivity contribution in [1.29, 1.82) is 0 Å². The van der Waals surface area contributed by atoms with E-state index in [1.165, 1.54) is 6.08 Å². The van der Waals surface area contributed by atoms with E-state index in [9.17, 15) is 9.59 Å². The molecule has 98 valence electrons. The maximum atomic E-state index is 12.2. The number of ether oxygens (including phenoxy) is 2. The Kier molecular flexibility index (Phi) is 2.74. The fraction of sp³-hybridized carbons (Fsp3) is 0.286. The lowest BCUT2D eigenvalue weighted by molar-refractivity contribution is -0.151. The van der Waals surface area contributed by atoms with Crippen LogP contribution in [-0.2, 0) is 9.53 Å². The number of Topliss-reactive ketones (excluding diaryl/α,β-unsaturated/α-hetero) is 1. The summed E-state index contributed by atoms with van der Waals surface area (Å²) in [4.78, 5) is 23.4. The molecule has 0 saturated carbocycles. The second kappa shape index (κ2) is 4.20. The van der Waals surface area contributed by atoms with E-state index in [1.54, 1.807) is 25.1 Å². The van der Waals surface area contributed by atoms with Gasteiger partial charge in [-0.2, -0.15) is 0 Å². The first-order valence-corrected chi connectivity index (χ1v) is 6.69. The zero-order valence-corrected chi connectivity index (χ0v) is 11.8. The molecule has 5 heteroatoms. The van der Waals surface area contributed by atoms with Crippen LogP contribution >= 0.6 is 15.9 Å². The van der Waals surface area contributed by atoms with Crippen molar-refractivity contribution in [1.82, 2.24) is 0 Å². The topological polar surface area (TPSA) is 52.6 Å². The number of carbonyl (C=O) groups is 2. The van der Waals surface area contributed by atoms with Gasteiger partial charge in [-0.25, -0.2) is 4.79 Å². The fourth-order valence-corrected chi connectivity index (χ4v) is 2.67. The van der Waals surface area contributed by atoms with Gasteiger partial charge in [0.05, 0.1) is 12.0 Å². The van der Waals surface area contributed by atoms with E-state index in [-0.39, 0.29) is 12.2 Å². The lowest BCUT2D eigenvalue weighted by Gasteiger charge is -2.34. The molecule has 0 fully saturated rings. The third-order valence-corrected chi connectivity index (χ3v) is 3.89. The van der Waals surface area contributed by atoms with Crippen LogP contribution in [0.3, 0.4) is 0 Å². The van der Waals surface area contributed by atoms with Crippen LogP contribution in [0.4, 0.5) is 0 Å². The molecule has 0 bridgehead atoms. The van der Waals surface area contributed by atoms with Gasteiger partial charge in [0.15, 0.2) is 11.4 Å². The Hall–Kier alpha value is -1.62. The molecule has 19 heavy (non-hydrogen) atoms. The van der Waals surface area contributed by atoms with E-state index in [1.807, 2.05) is 6.07 Å². The Morgan fingerprint density at radius 3 is 2.84 bits per heavy atom. The quantitative estimate of drug-likeness (QED) is 0.746. The molecule has 0 aliphatic carbocycles. The standard InChI is InChI=1S/C14H11BrO4/c1-14(5-4-13(17)19-14)12-7-10(16)9-6-8(15)2-3-11(9)18-12/h2-6,12H,7H2,1H3/t12-,14-/m1/s1. The van der Waals surface area contributed by atoms with Gasteiger partial charge >= 0.3 is 5.97 Å². The lowest BCUT2D eigenvalue weighted by Crippen LogP contribution is -2.46. The Bertz CT molecular complexity index is 607. The highest BCUT2D eigenvalue weighted by atomic mass is 79.9. The highest BCUT2D eigenvalue weighted by Crippen LogP contribution is 2.36. The molecule has 0 saturated heterocycles. The van der Waals surface area contributed by atoms with Crippen molar-refractivity contribution in [3.05, 3.63) is 40.4 Å². The monoisotopic (exact) mass is 322 g/mol. The minimum atomic E-state index is -0.877. The summed E-state index contributed by atoms with van der Waals surface area (Å²) in [6.07, 6.45) is 2.72. The van der Waals surface area contributed by atoms with Crippen molar-refractivity contribution in [2.45, 2.75) is 25.0 Å². The van der Waals surface area contributed by atoms with E-state index >= 15 is 0 Å². The highest BCUT2D eigenvalue weighted by Gasteiger charge is 2.44. The van der Waals surface area contributed by atoms with E-state index in [0.29, 0.717) is 11.3 Å². The van der Waals surface area contributed by atoms with Crippen LogP contribution in [0.1, 0.15) is 23.7 Å². The Morgan fingerprint density at radius 1 is 1.37 bits per heavy atom. The molecule has 2 aliphatic heterocycles. The maximum Gasteiger partial charge on any atom is 0.331 e. The Morgan fingerprint density at radius 2 is 2.16 bits per heavy atom. The molecule has 2 atom stereocenters. The normalized spacial score (nSPS) is 28.8. The number of benzene rings is 1. The van der Waals surface area contributed by atoms with Crippen LogP contribution < -0.4 is 4.74 Å². The summed E-state index contributed by atoms with van der Waals surface area (Å²) in [5.74, 6) is 0.118. The first-order chi connectivity index (χ1) is 8.98. The molecule has 0 spiro atoms. The first-order valence-electron chi connectivity index (χ1n) is 5.89. The van der Waals surface area contributed by atoms with Gasteiger partial charge in [-0.05, 0) is 31.2 Å². The van der Waals surface area contributed by atoms with Crippen LogP contribution in [0.25, 0.3) is 0 Å². The Labute approximate surface area is 118 Å². The number of cyclic esters (lactones) is 1. The number of rotatable bonds is 1. The van der Waals surface area contributed by atoms with Crippen molar-refractivity contribution in [3.63, 3.8) is 0 Å². The summed E-state index contributed by atoms with van der Waals surface area (Å²) in [7, 11) is 0. The van der Waals surface area contributed by atoms with Gasteiger partial charge in [0.1, 0.15) is 11.9 Å². The molecule has 0 aromatic heterocycles. The molecule has 3 rings (SSSR count). The summed E-state index contributed by atoms with van der Waals surface area (Å²) in [5, 5.41) is 0. The summed E-state index contributed by atoms with van der Waals surface area (Å²) in [6.45, 7) is 1.75. The van der Waals surface area contributed by atoms with Crippen molar-refractivity contribution >= 4 is 27.7 Å². The van der Waals surface area contributed by atoms with Crippen molar-refractivity contribution in [3.8, 4) is 5.75 Å². The first kappa shape index (κ1) is 12.4. The average molecular weight is 323 g/mol. The molecule has 1 aromatic carbocycles. The van der Waals surface area contributed by atoms with Gasteiger partial charge in [0.25, 0.3) is 0 Å². The number of carbonyl (C=O) groups excluding carboxylic acids is 2. The Balaban J connectivity index is 1.94. The van der Waals surface area contributed by atoms with Gasteiger partial charge in [-0.1, -0.05) is 15.9 Å². The fourth-order valence-electron chi connectivity index (χ4n) is 2.31. The molecular formula is C14H11BrO4. The van der Waals surface area contributed by atoms with E-state index in [2.05, 4.69) is 15.9 Å². The average Bonchev–Trinajstić information content (AvgIpc) is 2.71. The van der Waals surface area contributed by atoms with E-state index in [0.717, 1.165) is 4.47 Å². The van der Waals surface area contributed by atoms with E-state index in [4.69, 9.17) is 9.47 Å². The van der Waals surface area contributed by atoms with Crippen LogP contribution in [-0.4, -0.2) is 23.5 Å². The van der Waals surface area contributed by atoms with Crippen LogP contribution in [0.5, 0.6) is 5.75 Å². The number of hydrogen-bond acceptors (Lipinski definition) is 4. The predicted molar refractivity (Wildman–Crippen MR) is 71.1 cm³/mol. The molecule has 0 radical (unpaired) electrons. The van der Waals surface area contributed by atoms with Crippen molar-refractivity contribution in [2.24, 2.45) is 0 Å². The summed E-state index contributed by atoms with van der Waals surface area (Å²) in [5.41, 5.74) is -0.320. The molecule has 0 N–H and O–H groups in total. The molecular weight excluding hydrogens is 312 g/mol. The smallest absolute Gasteiger partial charge is 0.331 e. The highest BCUT2D eigenvalue weighted by molar-refractivity contribution is 9.10. The lowest BCUT2D eigenvalue weighted by atomic mass is 9.90. The van der Waals surface area contributed by atoms with Crippen molar-refractivity contribution < 1.29 is 19.1 Å². The van der Waals surface area contributed by atoms with Gasteiger partial charge in [-0.3, -0.25) is 4.79 Å². The second-order valence-electron chi connectivity index (χ2n) is 4.81. The molecule has 1 aromatic rings. The number of esters is 1. The molecule has 0 amide bonds.